The number of esters is 4. The van der Waals surface area contributed by atoms with Gasteiger partial charge in [-0.05, 0) is 148 Å². The summed E-state index contributed by atoms with van der Waals surface area (Å²) in [4.78, 5) is 72.7. The van der Waals surface area contributed by atoms with Crippen LogP contribution in [-0.2, 0) is 65.4 Å². The van der Waals surface area contributed by atoms with Crippen molar-refractivity contribution in [2.45, 2.75) is 316 Å². The van der Waals surface area contributed by atoms with Crippen molar-refractivity contribution in [3.63, 3.8) is 0 Å². The second-order valence-electron chi connectivity index (χ2n) is 24.5. The average Bonchev–Trinajstić information content (AvgIpc) is 1.36. The Labute approximate surface area is 581 Å². The van der Waals surface area contributed by atoms with Crippen LogP contribution in [0, 0.1) is 0 Å². The normalized spacial score (nSPS) is 14.6. The lowest BCUT2D eigenvalue weighted by Gasteiger charge is -2.21. The predicted octanol–water partition coefficient (Wildman–Crippen LogP) is 21.0. The summed E-state index contributed by atoms with van der Waals surface area (Å²) < 4.78 is 68.3. The third-order valence-corrected chi connectivity index (χ3v) is 17.1. The number of phosphoric acid groups is 2. The van der Waals surface area contributed by atoms with Crippen molar-refractivity contribution in [3.8, 4) is 0 Å². The number of carbonyl (C=O) groups excluding carboxylic acids is 4. The molecular weight excluding hydrogens is 1260 g/mol. The molecule has 0 amide bonds. The van der Waals surface area contributed by atoms with Gasteiger partial charge in [0.1, 0.15) is 19.3 Å². The Morgan fingerprint density at radius 3 is 0.865 bits per heavy atom. The van der Waals surface area contributed by atoms with Gasteiger partial charge >= 0.3 is 39.5 Å². The minimum absolute atomic E-state index is 0.0644. The highest BCUT2D eigenvalue weighted by Gasteiger charge is 2.30. The first kappa shape index (κ1) is 91.7. The number of ether oxygens (including phenoxy) is 4. The van der Waals surface area contributed by atoms with Crippen molar-refractivity contribution in [2.75, 3.05) is 39.6 Å². The van der Waals surface area contributed by atoms with Crippen molar-refractivity contribution >= 4 is 39.5 Å². The molecule has 0 rings (SSSR count). The lowest BCUT2D eigenvalue weighted by atomic mass is 10.1. The van der Waals surface area contributed by atoms with Gasteiger partial charge in [0, 0.05) is 25.7 Å². The van der Waals surface area contributed by atoms with Crippen LogP contribution in [0.25, 0.3) is 0 Å². The maximum absolute atomic E-state index is 13.1. The van der Waals surface area contributed by atoms with Gasteiger partial charge < -0.3 is 33.8 Å². The van der Waals surface area contributed by atoms with E-state index >= 15 is 0 Å². The number of allylic oxidation sites excluding steroid dienone is 18. The monoisotopic (exact) mass is 1390 g/mol. The molecule has 17 nitrogen and oxygen atoms in total. The first-order valence-corrected chi connectivity index (χ1v) is 40.1. The topological polar surface area (TPSA) is 237 Å². The zero-order valence-electron chi connectivity index (χ0n) is 60.0. The molecule has 0 fully saturated rings. The van der Waals surface area contributed by atoms with Crippen molar-refractivity contribution in [3.05, 3.63) is 109 Å². The molecule has 0 aliphatic heterocycles. The van der Waals surface area contributed by atoms with E-state index in [1.807, 2.05) is 0 Å². The number of hydrogen-bond donors (Lipinski definition) is 3. The SMILES string of the molecule is CC/C=C\C/C=C\C/C=C\C/C=C\CCCCC(=O)OCC(COP(=O)(O)OCC(O)COP(=O)(O)OCC(COC(=O)CCCCCCC/C=C\CCCCCC)OC(=O)CCCCCCC/C=C\CCCCCC)OC(=O)CCCCCCC/C=C\C/C=C\C/C=C\CC. The standard InChI is InChI=1S/C77H132O17P2/c1-5-9-13-17-21-25-29-33-35-39-42-46-50-54-58-62-75(80)88-68-73(94-77(82)64-60-56-52-48-44-40-36-34-30-26-22-18-14-10-6-2)70-92-96(85,86)90-66-71(78)65-89-95(83,84)91-69-72(93-76(81)63-59-55-51-47-43-38-32-28-24-20-16-12-8-4)67-87-74(79)61-57-53-49-45-41-37-31-27-23-19-15-11-7-3/h9-10,13-14,21-22,25-28,31-36,42,46,71-73,78H,5-8,11-12,15-20,23-24,29-30,37-41,43-45,47-70H2,1-4H3,(H,83,84)(H,85,86)/b13-9-,14-10-,25-21-,26-22-,31-27-,32-28-,35-33-,36-34-,46-42-. The smallest absolute Gasteiger partial charge is 0.462 e. The molecule has 0 aromatic heterocycles. The molecule has 0 saturated heterocycles. The van der Waals surface area contributed by atoms with Gasteiger partial charge in [0.15, 0.2) is 12.2 Å². The molecule has 552 valence electrons. The highest BCUT2D eigenvalue weighted by atomic mass is 31.2. The van der Waals surface area contributed by atoms with Crippen LogP contribution < -0.4 is 0 Å². The van der Waals surface area contributed by atoms with Crippen LogP contribution in [-0.4, -0.2) is 96.7 Å². The first-order valence-electron chi connectivity index (χ1n) is 37.1. The number of aliphatic hydroxyl groups excluding tert-OH is 1. The molecule has 3 N–H and O–H groups in total. The summed E-state index contributed by atoms with van der Waals surface area (Å²) in [5, 5.41) is 10.6. The zero-order valence-corrected chi connectivity index (χ0v) is 61.8. The van der Waals surface area contributed by atoms with Gasteiger partial charge in [0.05, 0.1) is 26.4 Å². The molecule has 0 aliphatic carbocycles. The molecule has 19 heteroatoms. The van der Waals surface area contributed by atoms with Gasteiger partial charge in [0.25, 0.3) is 0 Å². The van der Waals surface area contributed by atoms with Crippen molar-refractivity contribution in [2.24, 2.45) is 0 Å². The molecule has 0 saturated carbocycles. The average molecular weight is 1390 g/mol. The highest BCUT2D eigenvalue weighted by Crippen LogP contribution is 2.45. The van der Waals surface area contributed by atoms with Crippen LogP contribution >= 0.6 is 15.6 Å². The zero-order chi connectivity index (χ0) is 70.4. The Kier molecular flexibility index (Phi) is 66.1. The lowest BCUT2D eigenvalue weighted by Crippen LogP contribution is -2.30. The second-order valence-corrected chi connectivity index (χ2v) is 27.4. The van der Waals surface area contributed by atoms with E-state index in [4.69, 9.17) is 37.0 Å². The number of rotatable bonds is 69. The molecule has 0 radical (unpaired) electrons. The maximum Gasteiger partial charge on any atom is 0.472 e. The Morgan fingerprint density at radius 1 is 0.302 bits per heavy atom. The summed E-state index contributed by atoms with van der Waals surface area (Å²) in [7, 11) is -9.96. The Hall–Kier alpha value is -4.28. The molecular formula is C77H132O17P2. The van der Waals surface area contributed by atoms with Crippen LogP contribution in [0.2, 0.25) is 0 Å². The van der Waals surface area contributed by atoms with Gasteiger partial charge in [-0.1, -0.05) is 233 Å². The van der Waals surface area contributed by atoms with E-state index in [1.165, 1.54) is 51.4 Å². The van der Waals surface area contributed by atoms with Gasteiger partial charge in [-0.25, -0.2) is 9.13 Å². The van der Waals surface area contributed by atoms with E-state index in [0.29, 0.717) is 25.7 Å². The van der Waals surface area contributed by atoms with Crippen LogP contribution in [0.4, 0.5) is 0 Å². The van der Waals surface area contributed by atoms with E-state index in [9.17, 15) is 43.2 Å². The fraction of sp³-hybridized carbons (Fsp3) is 0.714. The fourth-order valence-corrected chi connectivity index (χ4v) is 11.1. The third-order valence-electron chi connectivity index (χ3n) is 15.2. The van der Waals surface area contributed by atoms with Gasteiger partial charge in [-0.15, -0.1) is 0 Å². The van der Waals surface area contributed by atoms with Gasteiger partial charge in [-0.2, -0.15) is 0 Å². The van der Waals surface area contributed by atoms with Crippen LogP contribution in [0.3, 0.4) is 0 Å². The van der Waals surface area contributed by atoms with Crippen molar-refractivity contribution in [1.82, 2.24) is 0 Å². The number of unbranched alkanes of at least 4 members (excludes halogenated alkanes) is 25. The molecule has 0 spiro atoms. The number of hydrogen-bond acceptors (Lipinski definition) is 15. The Bertz CT molecular complexity index is 2250. The maximum atomic E-state index is 13.1. The molecule has 96 heavy (non-hydrogen) atoms. The Balaban J connectivity index is 5.40. The number of aliphatic hydroxyl groups is 1. The molecule has 5 unspecified atom stereocenters. The number of phosphoric ester groups is 2. The Morgan fingerprint density at radius 2 is 0.542 bits per heavy atom. The van der Waals surface area contributed by atoms with Gasteiger partial charge in [0.2, 0.25) is 0 Å². The van der Waals surface area contributed by atoms with E-state index in [2.05, 4.69) is 137 Å². The summed E-state index contributed by atoms with van der Waals surface area (Å²) in [6.45, 7) is 4.53. The van der Waals surface area contributed by atoms with Crippen LogP contribution in [0.15, 0.2) is 109 Å². The number of carbonyl (C=O) groups is 4. The minimum atomic E-state index is -4.99. The van der Waals surface area contributed by atoms with Crippen molar-refractivity contribution in [1.29, 1.82) is 0 Å². The molecule has 5 atom stereocenters. The highest BCUT2D eigenvalue weighted by molar-refractivity contribution is 7.47. The van der Waals surface area contributed by atoms with E-state index in [1.54, 1.807) is 0 Å². The van der Waals surface area contributed by atoms with E-state index in [0.717, 1.165) is 167 Å². The summed E-state index contributed by atoms with van der Waals surface area (Å²) in [6, 6.07) is 0. The lowest BCUT2D eigenvalue weighted by molar-refractivity contribution is -0.161. The molecule has 0 heterocycles. The summed E-state index contributed by atoms with van der Waals surface area (Å²) in [6.07, 6.45) is 72.3. The third kappa shape index (κ3) is 68.3. The summed E-state index contributed by atoms with van der Waals surface area (Å²) >= 11 is 0. The van der Waals surface area contributed by atoms with Gasteiger partial charge in [-0.3, -0.25) is 37.3 Å². The van der Waals surface area contributed by atoms with Crippen LogP contribution in [0.1, 0.15) is 297 Å². The molecule has 0 aromatic rings. The fourth-order valence-electron chi connectivity index (χ4n) is 9.57. The van der Waals surface area contributed by atoms with E-state index < -0.39 is 97.5 Å². The second kappa shape index (κ2) is 69.2. The molecule has 0 aliphatic rings. The first-order chi connectivity index (χ1) is 46.7. The quantitative estimate of drug-likeness (QED) is 0.0169. The molecule has 0 bridgehead atoms. The molecule has 0 aromatic carbocycles. The van der Waals surface area contributed by atoms with E-state index in [-0.39, 0.29) is 25.7 Å². The van der Waals surface area contributed by atoms with Crippen molar-refractivity contribution < 1.29 is 80.2 Å². The summed E-state index contributed by atoms with van der Waals surface area (Å²) in [5.74, 6) is -2.26. The minimum Gasteiger partial charge on any atom is -0.462 e. The summed E-state index contributed by atoms with van der Waals surface area (Å²) in [5.41, 5.74) is 0. The van der Waals surface area contributed by atoms with Crippen LogP contribution in [0.5, 0.6) is 0 Å². The largest absolute Gasteiger partial charge is 0.472 e. The predicted molar refractivity (Wildman–Crippen MR) is 390 cm³/mol.